The summed E-state index contributed by atoms with van der Waals surface area (Å²) >= 11 is 6.16. The number of rotatable bonds is 3. The van der Waals surface area contributed by atoms with Gasteiger partial charge >= 0.3 is 0 Å². The predicted molar refractivity (Wildman–Crippen MR) is 89.2 cm³/mol. The molecular formula is C17H16ClN3O2. The monoisotopic (exact) mass is 329 g/mol. The summed E-state index contributed by atoms with van der Waals surface area (Å²) in [4.78, 5) is 6.90. The summed E-state index contributed by atoms with van der Waals surface area (Å²) in [6.45, 7) is 1.02. The molecule has 0 bridgehead atoms. The zero-order valence-corrected chi connectivity index (χ0v) is 13.7. The summed E-state index contributed by atoms with van der Waals surface area (Å²) < 4.78 is 12.9. The number of aromatic nitrogens is 2. The average molecular weight is 330 g/mol. The highest BCUT2D eigenvalue weighted by Crippen LogP contribution is 2.37. The van der Waals surface area contributed by atoms with Gasteiger partial charge in [-0.3, -0.25) is 0 Å². The molecule has 0 unspecified atom stereocenters. The Kier molecular flexibility index (Phi) is 3.39. The zero-order chi connectivity index (χ0) is 16.0. The van der Waals surface area contributed by atoms with Crippen molar-refractivity contribution < 1.29 is 9.47 Å². The quantitative estimate of drug-likeness (QED) is 0.738. The maximum atomic E-state index is 6.16. The minimum absolute atomic E-state index is 0.268. The van der Waals surface area contributed by atoms with E-state index in [1.807, 2.05) is 55.0 Å². The number of nitrogens with zero attached hydrogens (tertiary/aromatic N) is 3. The standard InChI is InChI=1S/C17H16ClN3O2/c1-20(2)9-13-17(19-16-6-4-12(18)8-21(13)16)11-3-5-14-15(7-11)23-10-22-14/h3-8H,9-10H2,1-2H3. The van der Waals surface area contributed by atoms with Crippen LogP contribution in [-0.4, -0.2) is 35.2 Å². The van der Waals surface area contributed by atoms with Crippen LogP contribution < -0.4 is 9.47 Å². The second-order valence-corrected chi connectivity index (χ2v) is 6.22. The third kappa shape index (κ3) is 2.52. The number of ether oxygens (including phenoxy) is 2. The third-order valence-electron chi connectivity index (χ3n) is 3.79. The van der Waals surface area contributed by atoms with Crippen LogP contribution in [0.25, 0.3) is 16.9 Å². The number of halogens is 1. The van der Waals surface area contributed by atoms with Gasteiger partial charge in [-0.05, 0) is 44.4 Å². The Balaban J connectivity index is 1.91. The van der Waals surface area contributed by atoms with Gasteiger partial charge in [0, 0.05) is 18.3 Å². The molecule has 23 heavy (non-hydrogen) atoms. The van der Waals surface area contributed by atoms with Crippen molar-refractivity contribution >= 4 is 17.2 Å². The lowest BCUT2D eigenvalue weighted by atomic mass is 10.1. The molecule has 118 valence electrons. The maximum Gasteiger partial charge on any atom is 0.231 e. The summed E-state index contributed by atoms with van der Waals surface area (Å²) in [6, 6.07) is 9.69. The Morgan fingerprint density at radius 3 is 2.83 bits per heavy atom. The van der Waals surface area contributed by atoms with Gasteiger partial charge < -0.3 is 18.8 Å². The molecule has 0 amide bonds. The first-order valence-electron chi connectivity index (χ1n) is 7.33. The zero-order valence-electron chi connectivity index (χ0n) is 12.9. The summed E-state index contributed by atoms with van der Waals surface area (Å²) in [7, 11) is 4.07. The Labute approximate surface area is 139 Å². The molecule has 1 aromatic carbocycles. The topological polar surface area (TPSA) is 39.0 Å². The third-order valence-corrected chi connectivity index (χ3v) is 4.02. The van der Waals surface area contributed by atoms with E-state index in [0.29, 0.717) is 5.02 Å². The smallest absolute Gasteiger partial charge is 0.231 e. The van der Waals surface area contributed by atoms with Crippen LogP contribution >= 0.6 is 11.6 Å². The Morgan fingerprint density at radius 2 is 2.00 bits per heavy atom. The van der Waals surface area contributed by atoms with Crippen molar-refractivity contribution in [1.82, 2.24) is 14.3 Å². The van der Waals surface area contributed by atoms with Crippen LogP contribution in [0.1, 0.15) is 5.69 Å². The molecule has 0 N–H and O–H groups in total. The second-order valence-electron chi connectivity index (χ2n) is 5.79. The van der Waals surface area contributed by atoms with Crippen molar-refractivity contribution in [3.63, 3.8) is 0 Å². The molecule has 0 aliphatic carbocycles. The van der Waals surface area contributed by atoms with Crippen molar-refractivity contribution in [1.29, 1.82) is 0 Å². The van der Waals surface area contributed by atoms with Crippen LogP contribution in [0.3, 0.4) is 0 Å². The first-order valence-corrected chi connectivity index (χ1v) is 7.71. The number of hydrogen-bond donors (Lipinski definition) is 0. The molecule has 0 atom stereocenters. The molecule has 3 aromatic rings. The molecule has 0 saturated carbocycles. The highest BCUT2D eigenvalue weighted by Gasteiger charge is 2.19. The van der Waals surface area contributed by atoms with Crippen LogP contribution in [0.4, 0.5) is 0 Å². The van der Waals surface area contributed by atoms with E-state index in [1.165, 1.54) is 0 Å². The van der Waals surface area contributed by atoms with Crippen LogP contribution in [0.15, 0.2) is 36.5 Å². The van der Waals surface area contributed by atoms with E-state index in [-0.39, 0.29) is 6.79 Å². The molecule has 0 spiro atoms. The Morgan fingerprint density at radius 1 is 1.17 bits per heavy atom. The lowest BCUT2D eigenvalue weighted by Crippen LogP contribution is -2.13. The number of pyridine rings is 1. The van der Waals surface area contributed by atoms with Gasteiger partial charge in [0.15, 0.2) is 11.5 Å². The normalized spacial score (nSPS) is 13.2. The van der Waals surface area contributed by atoms with E-state index < -0.39 is 0 Å². The van der Waals surface area contributed by atoms with Crippen molar-refractivity contribution in [2.45, 2.75) is 6.54 Å². The molecule has 2 aromatic heterocycles. The first kappa shape index (κ1) is 14.4. The van der Waals surface area contributed by atoms with E-state index in [0.717, 1.165) is 40.6 Å². The van der Waals surface area contributed by atoms with Gasteiger partial charge in [-0.1, -0.05) is 11.6 Å². The van der Waals surface area contributed by atoms with Crippen LogP contribution in [0.2, 0.25) is 5.02 Å². The van der Waals surface area contributed by atoms with E-state index in [1.54, 1.807) is 0 Å². The summed E-state index contributed by atoms with van der Waals surface area (Å²) in [5.74, 6) is 1.53. The van der Waals surface area contributed by atoms with E-state index in [9.17, 15) is 0 Å². The van der Waals surface area contributed by atoms with Crippen LogP contribution in [-0.2, 0) is 6.54 Å². The number of benzene rings is 1. The largest absolute Gasteiger partial charge is 0.454 e. The van der Waals surface area contributed by atoms with Gasteiger partial charge in [0.2, 0.25) is 6.79 Å². The number of fused-ring (bicyclic) bond motifs is 2. The van der Waals surface area contributed by atoms with E-state index >= 15 is 0 Å². The highest BCUT2D eigenvalue weighted by molar-refractivity contribution is 6.30. The molecule has 1 aliphatic rings. The van der Waals surface area contributed by atoms with Crippen LogP contribution in [0, 0.1) is 0 Å². The minimum Gasteiger partial charge on any atom is -0.454 e. The SMILES string of the molecule is CN(C)Cc1c(-c2ccc3c(c2)OCO3)nc2ccc(Cl)cn12. The van der Waals surface area contributed by atoms with Crippen molar-refractivity contribution in [3.8, 4) is 22.8 Å². The molecule has 3 heterocycles. The van der Waals surface area contributed by atoms with Gasteiger partial charge in [-0.2, -0.15) is 0 Å². The maximum absolute atomic E-state index is 6.16. The summed E-state index contributed by atoms with van der Waals surface area (Å²) in [5, 5.41) is 0.687. The van der Waals surface area contributed by atoms with Gasteiger partial charge in [0.05, 0.1) is 16.4 Å². The van der Waals surface area contributed by atoms with Gasteiger partial charge in [-0.15, -0.1) is 0 Å². The van der Waals surface area contributed by atoms with E-state index in [2.05, 4.69) is 4.90 Å². The summed E-state index contributed by atoms with van der Waals surface area (Å²) in [5.41, 5.74) is 3.90. The molecule has 6 heteroatoms. The van der Waals surface area contributed by atoms with Crippen molar-refractivity contribution in [2.24, 2.45) is 0 Å². The fraction of sp³-hybridized carbons (Fsp3) is 0.235. The molecule has 0 fully saturated rings. The van der Waals surface area contributed by atoms with Gasteiger partial charge in [0.1, 0.15) is 5.65 Å². The second kappa shape index (κ2) is 5.44. The highest BCUT2D eigenvalue weighted by atomic mass is 35.5. The summed E-state index contributed by atoms with van der Waals surface area (Å²) in [6.07, 6.45) is 1.90. The lowest BCUT2D eigenvalue weighted by Gasteiger charge is -2.11. The first-order chi connectivity index (χ1) is 11.1. The van der Waals surface area contributed by atoms with E-state index in [4.69, 9.17) is 26.1 Å². The number of hydrogen-bond acceptors (Lipinski definition) is 4. The van der Waals surface area contributed by atoms with Gasteiger partial charge in [-0.25, -0.2) is 4.98 Å². The molecule has 0 radical (unpaired) electrons. The Hall–Kier alpha value is -2.24. The predicted octanol–water partition coefficient (Wildman–Crippen LogP) is 3.45. The fourth-order valence-corrected chi connectivity index (χ4v) is 2.95. The van der Waals surface area contributed by atoms with Crippen molar-refractivity contribution in [2.75, 3.05) is 20.9 Å². The molecular weight excluding hydrogens is 314 g/mol. The molecule has 4 rings (SSSR count). The number of imidazole rings is 1. The average Bonchev–Trinajstić information content (AvgIpc) is 3.11. The molecule has 5 nitrogen and oxygen atoms in total. The minimum atomic E-state index is 0.268. The fourth-order valence-electron chi connectivity index (χ4n) is 2.79. The Bertz CT molecular complexity index is 889. The lowest BCUT2D eigenvalue weighted by molar-refractivity contribution is 0.174. The van der Waals surface area contributed by atoms with Gasteiger partial charge in [0.25, 0.3) is 0 Å². The van der Waals surface area contributed by atoms with Crippen LogP contribution in [0.5, 0.6) is 11.5 Å². The molecule has 1 aliphatic heterocycles. The van der Waals surface area contributed by atoms with Crippen molar-refractivity contribution in [3.05, 3.63) is 47.2 Å². The molecule has 0 saturated heterocycles.